The smallest absolute Gasteiger partial charge is 0.145 e. The molecule has 0 aliphatic heterocycles. The molecule has 0 radical (unpaired) electrons. The van der Waals surface area contributed by atoms with E-state index in [1.54, 1.807) is 12.3 Å². The maximum Gasteiger partial charge on any atom is 0.145 e. The monoisotopic (exact) mass is 264 g/mol. The molecule has 1 aromatic rings. The molecule has 3 nitrogen and oxygen atoms in total. The number of aromatic nitrogens is 1. The van der Waals surface area contributed by atoms with Crippen LogP contribution in [0.25, 0.3) is 0 Å². The van der Waals surface area contributed by atoms with Crippen LogP contribution in [0.3, 0.4) is 0 Å². The van der Waals surface area contributed by atoms with Crippen LogP contribution in [-0.2, 0) is 0 Å². The van der Waals surface area contributed by atoms with E-state index in [1.165, 1.54) is 0 Å². The van der Waals surface area contributed by atoms with E-state index in [1.807, 2.05) is 6.92 Å². The molecular formula is C8H10BrClN2O. The van der Waals surface area contributed by atoms with Crippen molar-refractivity contribution in [2.24, 2.45) is 0 Å². The zero-order valence-corrected chi connectivity index (χ0v) is 9.43. The topological polar surface area (TPSA) is 45.1 Å². The fourth-order valence-electron chi connectivity index (χ4n) is 0.800. The van der Waals surface area contributed by atoms with Gasteiger partial charge in [-0.15, -0.1) is 0 Å². The highest BCUT2D eigenvalue weighted by atomic mass is 79.9. The number of rotatable bonds is 3. The lowest BCUT2D eigenvalue weighted by atomic mass is 10.3. The van der Waals surface area contributed by atoms with Crippen LogP contribution in [0, 0.1) is 0 Å². The molecule has 0 aliphatic rings. The average Bonchev–Trinajstić information content (AvgIpc) is 2.09. The van der Waals surface area contributed by atoms with Crippen LogP contribution in [0.2, 0.25) is 5.02 Å². The molecule has 0 bridgehead atoms. The number of anilines is 1. The number of hydrogen-bond acceptors (Lipinski definition) is 3. The van der Waals surface area contributed by atoms with Gasteiger partial charge >= 0.3 is 0 Å². The van der Waals surface area contributed by atoms with Gasteiger partial charge in [0, 0.05) is 16.7 Å². The normalized spacial score (nSPS) is 12.6. The van der Waals surface area contributed by atoms with Crippen molar-refractivity contribution >= 4 is 33.3 Å². The predicted octanol–water partition coefficient (Wildman–Crippen LogP) is 2.29. The molecule has 0 aromatic carbocycles. The summed E-state index contributed by atoms with van der Waals surface area (Å²) in [7, 11) is 0. The van der Waals surface area contributed by atoms with Gasteiger partial charge in [-0.3, -0.25) is 0 Å². The minimum atomic E-state index is -0.0498. The van der Waals surface area contributed by atoms with Crippen LogP contribution in [0.15, 0.2) is 16.7 Å². The zero-order valence-electron chi connectivity index (χ0n) is 7.09. The van der Waals surface area contributed by atoms with E-state index < -0.39 is 0 Å². The van der Waals surface area contributed by atoms with Crippen molar-refractivity contribution in [3.05, 3.63) is 21.8 Å². The molecule has 2 N–H and O–H groups in total. The van der Waals surface area contributed by atoms with E-state index >= 15 is 0 Å². The number of aliphatic hydroxyl groups excluding tert-OH is 1. The second-order valence-electron chi connectivity index (χ2n) is 2.71. The zero-order chi connectivity index (χ0) is 9.84. The molecule has 1 aromatic heterocycles. The van der Waals surface area contributed by atoms with Gasteiger partial charge in [0.05, 0.1) is 11.6 Å². The van der Waals surface area contributed by atoms with Gasteiger partial charge in [-0.25, -0.2) is 4.98 Å². The third-order valence-electron chi connectivity index (χ3n) is 1.46. The van der Waals surface area contributed by atoms with Gasteiger partial charge in [-0.2, -0.15) is 0 Å². The summed E-state index contributed by atoms with van der Waals surface area (Å²) in [6.45, 7) is 1.90. The second kappa shape index (κ2) is 4.79. The van der Waals surface area contributed by atoms with Gasteiger partial charge in [0.15, 0.2) is 0 Å². The van der Waals surface area contributed by atoms with Crippen molar-refractivity contribution in [2.45, 2.75) is 13.0 Å². The number of pyridine rings is 1. The van der Waals surface area contributed by atoms with Crippen LogP contribution in [-0.4, -0.2) is 22.7 Å². The van der Waals surface area contributed by atoms with Gasteiger partial charge in [-0.05, 0) is 28.9 Å². The Bertz CT molecular complexity index is 295. The summed E-state index contributed by atoms with van der Waals surface area (Å²) in [6.07, 6.45) is 1.65. The highest BCUT2D eigenvalue weighted by molar-refractivity contribution is 9.10. The summed E-state index contributed by atoms with van der Waals surface area (Å²) >= 11 is 9.15. The Hall–Kier alpha value is -0.320. The van der Waals surface area contributed by atoms with Gasteiger partial charge in [0.25, 0.3) is 0 Å². The Morgan fingerprint density at radius 1 is 1.77 bits per heavy atom. The quantitative estimate of drug-likeness (QED) is 0.881. The van der Waals surface area contributed by atoms with Crippen LogP contribution >= 0.6 is 27.5 Å². The van der Waals surface area contributed by atoms with E-state index in [4.69, 9.17) is 16.7 Å². The second-order valence-corrected chi connectivity index (χ2v) is 4.03. The number of hydrogen-bond donors (Lipinski definition) is 2. The van der Waals surface area contributed by atoms with Gasteiger partial charge in [0.2, 0.25) is 0 Å². The summed E-state index contributed by atoms with van der Waals surface area (Å²) < 4.78 is 0.833. The molecule has 0 aliphatic carbocycles. The van der Waals surface area contributed by atoms with Crippen LogP contribution in [0.4, 0.5) is 5.82 Å². The van der Waals surface area contributed by atoms with Crippen molar-refractivity contribution in [3.8, 4) is 0 Å². The Labute approximate surface area is 90.3 Å². The summed E-state index contributed by atoms with van der Waals surface area (Å²) in [5, 5.41) is 12.3. The maximum atomic E-state index is 8.80. The Morgan fingerprint density at radius 2 is 2.46 bits per heavy atom. The maximum absolute atomic E-state index is 8.80. The Balaban J connectivity index is 2.77. The fourth-order valence-corrected chi connectivity index (χ4v) is 1.48. The van der Waals surface area contributed by atoms with E-state index in [0.717, 1.165) is 4.47 Å². The number of nitrogens with one attached hydrogen (secondary N) is 1. The highest BCUT2D eigenvalue weighted by Gasteiger charge is 2.05. The Morgan fingerprint density at radius 3 is 3.00 bits per heavy atom. The number of nitrogens with zero attached hydrogens (tertiary/aromatic N) is 1. The standard InChI is InChI=1S/C8H10BrClN2O/c1-5(4-13)12-8-7(10)2-6(9)3-11-8/h2-3,5,13H,4H2,1H3,(H,11,12). The molecule has 72 valence electrons. The first kappa shape index (κ1) is 10.8. The largest absolute Gasteiger partial charge is 0.394 e. The third-order valence-corrected chi connectivity index (χ3v) is 2.19. The molecular weight excluding hydrogens is 255 g/mol. The molecule has 0 saturated heterocycles. The van der Waals surface area contributed by atoms with Crippen molar-refractivity contribution < 1.29 is 5.11 Å². The van der Waals surface area contributed by atoms with Crippen molar-refractivity contribution in [2.75, 3.05) is 11.9 Å². The van der Waals surface area contributed by atoms with Crippen LogP contribution in [0.1, 0.15) is 6.92 Å². The molecule has 1 rings (SSSR count). The van der Waals surface area contributed by atoms with Crippen molar-refractivity contribution in [3.63, 3.8) is 0 Å². The van der Waals surface area contributed by atoms with Crippen LogP contribution in [0.5, 0.6) is 0 Å². The first-order valence-corrected chi connectivity index (χ1v) is 4.99. The lowest BCUT2D eigenvalue weighted by Crippen LogP contribution is -2.20. The van der Waals surface area contributed by atoms with E-state index in [9.17, 15) is 0 Å². The minimum Gasteiger partial charge on any atom is -0.394 e. The number of halogens is 2. The van der Waals surface area contributed by atoms with E-state index in [-0.39, 0.29) is 12.6 Å². The molecule has 0 spiro atoms. The van der Waals surface area contributed by atoms with Crippen LogP contribution < -0.4 is 5.32 Å². The van der Waals surface area contributed by atoms with E-state index in [2.05, 4.69) is 26.2 Å². The predicted molar refractivity (Wildman–Crippen MR) is 57.1 cm³/mol. The summed E-state index contributed by atoms with van der Waals surface area (Å²) in [6, 6.07) is 1.70. The molecule has 5 heteroatoms. The first-order chi connectivity index (χ1) is 6.13. The summed E-state index contributed by atoms with van der Waals surface area (Å²) in [5.41, 5.74) is 0. The molecule has 1 heterocycles. The fraction of sp³-hybridized carbons (Fsp3) is 0.375. The molecule has 0 fully saturated rings. The van der Waals surface area contributed by atoms with Gasteiger partial charge in [-0.1, -0.05) is 11.6 Å². The lowest BCUT2D eigenvalue weighted by Gasteiger charge is -2.12. The lowest BCUT2D eigenvalue weighted by molar-refractivity contribution is 0.281. The summed E-state index contributed by atoms with van der Waals surface area (Å²) in [4.78, 5) is 4.06. The van der Waals surface area contributed by atoms with Gasteiger partial charge < -0.3 is 10.4 Å². The van der Waals surface area contributed by atoms with E-state index in [0.29, 0.717) is 10.8 Å². The molecule has 0 amide bonds. The first-order valence-electron chi connectivity index (χ1n) is 3.82. The molecule has 1 unspecified atom stereocenters. The SMILES string of the molecule is CC(CO)Nc1ncc(Br)cc1Cl. The van der Waals surface area contributed by atoms with Crippen molar-refractivity contribution in [1.82, 2.24) is 4.98 Å². The number of aliphatic hydroxyl groups is 1. The van der Waals surface area contributed by atoms with Gasteiger partial charge in [0.1, 0.15) is 5.82 Å². The third kappa shape index (κ3) is 3.14. The van der Waals surface area contributed by atoms with Crippen molar-refractivity contribution in [1.29, 1.82) is 0 Å². The molecule has 0 saturated carbocycles. The molecule has 1 atom stereocenters. The Kier molecular flexibility index (Phi) is 3.96. The minimum absolute atomic E-state index is 0.0497. The average molecular weight is 266 g/mol. The molecule has 13 heavy (non-hydrogen) atoms. The summed E-state index contributed by atoms with van der Waals surface area (Å²) in [5.74, 6) is 0.589. The highest BCUT2D eigenvalue weighted by Crippen LogP contribution is 2.23.